The first-order valence-electron chi connectivity index (χ1n) is 9.65. The first kappa shape index (κ1) is 22.7. The van der Waals surface area contributed by atoms with Crippen LogP contribution < -0.4 is 4.72 Å². The summed E-state index contributed by atoms with van der Waals surface area (Å²) in [6.45, 7) is 4.21. The second kappa shape index (κ2) is 9.06. The number of hydrogen-bond acceptors (Lipinski definition) is 5. The first-order chi connectivity index (χ1) is 14.2. The van der Waals surface area contributed by atoms with Gasteiger partial charge in [-0.05, 0) is 65.7 Å². The highest BCUT2D eigenvalue weighted by molar-refractivity contribution is 7.92. The zero-order chi connectivity index (χ0) is 21.9. The minimum absolute atomic E-state index is 0.0643. The van der Waals surface area contributed by atoms with Crippen molar-refractivity contribution in [2.75, 3.05) is 17.6 Å². The molecule has 0 fully saturated rings. The number of benzene rings is 1. The van der Waals surface area contributed by atoms with Crippen LogP contribution in [-0.2, 0) is 15.4 Å². The van der Waals surface area contributed by atoms with Crippen LogP contribution in [0.2, 0.25) is 5.02 Å². The number of aromatic nitrogens is 1. The number of anilines is 1. The Hall–Kier alpha value is -1.93. The average Bonchev–Trinajstić information content (AvgIpc) is 3.19. The Labute approximate surface area is 186 Å². The molecule has 0 aliphatic carbocycles. The second-order valence-electron chi connectivity index (χ2n) is 7.34. The van der Waals surface area contributed by atoms with E-state index in [1.807, 2.05) is 12.1 Å². The molecule has 0 atom stereocenters. The van der Waals surface area contributed by atoms with Crippen LogP contribution in [0.5, 0.6) is 0 Å². The molecule has 0 aliphatic heterocycles. The van der Waals surface area contributed by atoms with Crippen LogP contribution in [0, 0.1) is 0 Å². The summed E-state index contributed by atoms with van der Waals surface area (Å²) in [6.07, 6.45) is 4.52. The molecule has 0 saturated heterocycles. The maximum atomic E-state index is 11.4. The van der Waals surface area contributed by atoms with Crippen LogP contribution in [0.1, 0.15) is 32.4 Å². The molecular weight excluding hydrogens is 440 g/mol. The number of aliphatic hydroxyl groups is 1. The lowest BCUT2D eigenvalue weighted by Gasteiger charge is -2.29. The van der Waals surface area contributed by atoms with Gasteiger partial charge in [-0.3, -0.25) is 9.71 Å². The molecule has 0 bridgehead atoms. The van der Waals surface area contributed by atoms with Gasteiger partial charge >= 0.3 is 0 Å². The fourth-order valence-corrected chi connectivity index (χ4v) is 5.29. The molecule has 3 aromatic rings. The highest BCUT2D eigenvalue weighted by Crippen LogP contribution is 2.38. The number of rotatable bonds is 8. The van der Waals surface area contributed by atoms with E-state index in [1.54, 1.807) is 29.7 Å². The normalized spacial score (nSPS) is 12.2. The van der Waals surface area contributed by atoms with Crippen molar-refractivity contribution >= 4 is 38.6 Å². The predicted molar refractivity (Wildman–Crippen MR) is 126 cm³/mol. The van der Waals surface area contributed by atoms with Crippen LogP contribution in [0.4, 0.5) is 5.69 Å². The lowest BCUT2D eigenvalue weighted by atomic mass is 9.79. The van der Waals surface area contributed by atoms with Gasteiger partial charge in [0.2, 0.25) is 10.0 Å². The van der Waals surface area contributed by atoms with E-state index in [9.17, 15) is 13.5 Å². The standard InChI is InChI=1S/C22H25ClN2O3S2/c1-4-22(5-2,14-26)21-11-15(8-9-24-21)16-10-20(29-13-16)18-7-6-17(12-19(18)23)25-30(3,27)28/h6-13,25-26H,4-5,14H2,1-3H3. The predicted octanol–water partition coefficient (Wildman–Crippen LogP) is 5.55. The van der Waals surface area contributed by atoms with Gasteiger partial charge in [0.05, 0.1) is 17.9 Å². The topological polar surface area (TPSA) is 79.3 Å². The molecular formula is C22H25ClN2O3S2. The van der Waals surface area contributed by atoms with E-state index < -0.39 is 10.0 Å². The summed E-state index contributed by atoms with van der Waals surface area (Å²) < 4.78 is 25.3. The van der Waals surface area contributed by atoms with Gasteiger partial charge in [0.1, 0.15) is 0 Å². The van der Waals surface area contributed by atoms with Gasteiger partial charge in [-0.1, -0.05) is 25.4 Å². The van der Waals surface area contributed by atoms with Crippen molar-refractivity contribution in [3.63, 3.8) is 0 Å². The fourth-order valence-electron chi connectivity index (χ4n) is 3.44. The van der Waals surface area contributed by atoms with E-state index in [4.69, 9.17) is 11.6 Å². The number of sulfonamides is 1. The largest absolute Gasteiger partial charge is 0.395 e. The van der Waals surface area contributed by atoms with Gasteiger partial charge in [-0.2, -0.15) is 0 Å². The van der Waals surface area contributed by atoms with Crippen molar-refractivity contribution < 1.29 is 13.5 Å². The van der Waals surface area contributed by atoms with Gasteiger partial charge in [0.25, 0.3) is 0 Å². The van der Waals surface area contributed by atoms with Crippen LogP contribution in [-0.4, -0.2) is 31.4 Å². The molecule has 1 aromatic carbocycles. The second-order valence-corrected chi connectivity index (χ2v) is 10.4. The van der Waals surface area contributed by atoms with E-state index in [0.717, 1.165) is 46.4 Å². The number of nitrogens with one attached hydrogen (secondary N) is 1. The van der Waals surface area contributed by atoms with Crippen LogP contribution in [0.15, 0.2) is 48.0 Å². The number of halogens is 1. The average molecular weight is 465 g/mol. The zero-order valence-electron chi connectivity index (χ0n) is 17.1. The number of nitrogens with zero attached hydrogens (tertiary/aromatic N) is 1. The van der Waals surface area contributed by atoms with Crippen molar-refractivity contribution in [3.05, 3.63) is 58.7 Å². The summed E-state index contributed by atoms with van der Waals surface area (Å²) in [7, 11) is -3.36. The summed E-state index contributed by atoms with van der Waals surface area (Å²) in [6, 6.07) is 11.2. The lowest BCUT2D eigenvalue weighted by molar-refractivity contribution is 0.179. The highest BCUT2D eigenvalue weighted by atomic mass is 35.5. The fraction of sp³-hybridized carbons (Fsp3) is 0.318. The van der Waals surface area contributed by atoms with Crippen molar-refractivity contribution in [2.24, 2.45) is 0 Å². The van der Waals surface area contributed by atoms with Crippen molar-refractivity contribution in [1.29, 1.82) is 0 Å². The third-order valence-corrected chi connectivity index (χ3v) is 7.31. The third kappa shape index (κ3) is 4.86. The molecule has 5 nitrogen and oxygen atoms in total. The van der Waals surface area contributed by atoms with E-state index in [2.05, 4.69) is 41.1 Å². The van der Waals surface area contributed by atoms with Crippen molar-refractivity contribution in [1.82, 2.24) is 4.98 Å². The Morgan fingerprint density at radius 3 is 2.47 bits per heavy atom. The van der Waals surface area contributed by atoms with Gasteiger partial charge in [-0.15, -0.1) is 11.3 Å². The maximum Gasteiger partial charge on any atom is 0.229 e. The Morgan fingerprint density at radius 1 is 1.13 bits per heavy atom. The summed E-state index contributed by atoms with van der Waals surface area (Å²) in [5.74, 6) is 0. The molecule has 0 amide bonds. The lowest BCUT2D eigenvalue weighted by Crippen LogP contribution is -2.30. The summed E-state index contributed by atoms with van der Waals surface area (Å²) in [4.78, 5) is 5.52. The Morgan fingerprint density at radius 2 is 1.87 bits per heavy atom. The Balaban J connectivity index is 1.93. The maximum absolute atomic E-state index is 11.4. The molecule has 0 radical (unpaired) electrons. The molecule has 8 heteroatoms. The number of pyridine rings is 1. The highest BCUT2D eigenvalue weighted by Gasteiger charge is 2.29. The van der Waals surface area contributed by atoms with Crippen molar-refractivity contribution in [3.8, 4) is 21.6 Å². The van der Waals surface area contributed by atoms with E-state index in [0.29, 0.717) is 10.7 Å². The quantitative estimate of drug-likeness (QED) is 0.458. The van der Waals surface area contributed by atoms with Crippen LogP contribution in [0.3, 0.4) is 0 Å². The Kier molecular flexibility index (Phi) is 6.87. The van der Waals surface area contributed by atoms with Crippen LogP contribution >= 0.6 is 22.9 Å². The molecule has 3 rings (SSSR count). The first-order valence-corrected chi connectivity index (χ1v) is 12.8. The molecule has 2 N–H and O–H groups in total. The molecule has 2 aromatic heterocycles. The van der Waals surface area contributed by atoms with Gasteiger partial charge < -0.3 is 5.11 Å². The van der Waals surface area contributed by atoms with Gasteiger partial charge in [-0.25, -0.2) is 8.42 Å². The molecule has 0 saturated carbocycles. The van der Waals surface area contributed by atoms with Crippen LogP contribution in [0.25, 0.3) is 21.6 Å². The molecule has 30 heavy (non-hydrogen) atoms. The molecule has 160 valence electrons. The summed E-state index contributed by atoms with van der Waals surface area (Å²) >= 11 is 7.99. The summed E-state index contributed by atoms with van der Waals surface area (Å²) in [5, 5.41) is 12.5. The monoisotopic (exact) mass is 464 g/mol. The van der Waals surface area contributed by atoms with E-state index >= 15 is 0 Å². The molecule has 0 aliphatic rings. The zero-order valence-corrected chi connectivity index (χ0v) is 19.5. The SMILES string of the molecule is CCC(CC)(CO)c1cc(-c2csc(-c3ccc(NS(C)(=O)=O)cc3Cl)c2)ccn1. The smallest absolute Gasteiger partial charge is 0.229 e. The third-order valence-electron chi connectivity index (χ3n) is 5.43. The number of thiophene rings is 1. The van der Waals surface area contributed by atoms with Gasteiger partial charge in [0, 0.05) is 33.4 Å². The molecule has 0 unspecified atom stereocenters. The summed E-state index contributed by atoms with van der Waals surface area (Å²) in [5.41, 5.74) is 3.92. The van der Waals surface area contributed by atoms with E-state index in [1.165, 1.54) is 0 Å². The van der Waals surface area contributed by atoms with Gasteiger partial charge in [0.15, 0.2) is 0 Å². The minimum atomic E-state index is -3.36. The Bertz CT molecular complexity index is 1130. The molecule has 2 heterocycles. The molecule has 0 spiro atoms. The van der Waals surface area contributed by atoms with Crippen molar-refractivity contribution in [2.45, 2.75) is 32.1 Å². The minimum Gasteiger partial charge on any atom is -0.395 e. The number of aliphatic hydroxyl groups excluding tert-OH is 1. The number of hydrogen-bond donors (Lipinski definition) is 2. The van der Waals surface area contributed by atoms with E-state index in [-0.39, 0.29) is 12.0 Å².